The first-order valence-electron chi connectivity index (χ1n) is 9.95. The molecule has 2 amide bonds. The number of ether oxygens (including phenoxy) is 1. The molecule has 2 aromatic heterocycles. The van der Waals surface area contributed by atoms with Gasteiger partial charge < -0.3 is 15.0 Å². The number of rotatable bonds is 6. The maximum atomic E-state index is 12.8. The van der Waals surface area contributed by atoms with Crippen molar-refractivity contribution >= 4 is 23.2 Å². The van der Waals surface area contributed by atoms with E-state index in [1.807, 2.05) is 29.6 Å². The minimum absolute atomic E-state index is 0.0562. The molecular formula is C21H25N3O3S. The Hall–Kier alpha value is -2.41. The Labute approximate surface area is 168 Å². The molecule has 7 heteroatoms. The van der Waals surface area contributed by atoms with E-state index in [0.717, 1.165) is 24.8 Å². The molecule has 148 valence electrons. The molecule has 0 radical (unpaired) electrons. The molecule has 1 atom stereocenters. The molecule has 1 aliphatic heterocycles. The maximum Gasteiger partial charge on any atom is 0.264 e. The molecule has 0 bridgehead atoms. The fourth-order valence-corrected chi connectivity index (χ4v) is 4.63. The van der Waals surface area contributed by atoms with Gasteiger partial charge in [-0.1, -0.05) is 12.1 Å². The van der Waals surface area contributed by atoms with Gasteiger partial charge in [0.25, 0.3) is 5.91 Å². The Balaban J connectivity index is 1.38. The first-order valence-corrected chi connectivity index (χ1v) is 10.8. The summed E-state index contributed by atoms with van der Waals surface area (Å²) in [7, 11) is 0. The molecule has 1 N–H and O–H groups in total. The highest BCUT2D eigenvalue weighted by Crippen LogP contribution is 2.26. The summed E-state index contributed by atoms with van der Waals surface area (Å²) in [5.41, 5.74) is 0.872. The second-order valence-corrected chi connectivity index (χ2v) is 8.29. The molecule has 2 fully saturated rings. The summed E-state index contributed by atoms with van der Waals surface area (Å²) >= 11 is 1.41. The molecule has 0 spiro atoms. The third-order valence-corrected chi connectivity index (χ3v) is 6.29. The van der Waals surface area contributed by atoms with Gasteiger partial charge in [-0.05, 0) is 56.0 Å². The number of nitrogens with one attached hydrogen (secondary N) is 1. The topological polar surface area (TPSA) is 71.5 Å². The van der Waals surface area contributed by atoms with Crippen LogP contribution in [0.4, 0.5) is 0 Å². The summed E-state index contributed by atoms with van der Waals surface area (Å²) in [6, 6.07) is 7.04. The van der Waals surface area contributed by atoms with Crippen LogP contribution in [0.5, 0.6) is 5.88 Å². The summed E-state index contributed by atoms with van der Waals surface area (Å²) in [6.45, 7) is 0.976. The smallest absolute Gasteiger partial charge is 0.264 e. The number of likely N-dealkylation sites (tertiary alicyclic amines) is 1. The number of hydrogen-bond donors (Lipinski definition) is 1. The lowest BCUT2D eigenvalue weighted by atomic mass is 10.2. The largest absolute Gasteiger partial charge is 0.474 e. The van der Waals surface area contributed by atoms with Gasteiger partial charge in [-0.15, -0.1) is 11.3 Å². The predicted molar refractivity (Wildman–Crippen MR) is 107 cm³/mol. The van der Waals surface area contributed by atoms with Crippen molar-refractivity contribution in [3.63, 3.8) is 0 Å². The van der Waals surface area contributed by atoms with E-state index in [1.165, 1.54) is 24.2 Å². The van der Waals surface area contributed by atoms with Gasteiger partial charge in [-0.25, -0.2) is 4.98 Å². The van der Waals surface area contributed by atoms with Gasteiger partial charge >= 0.3 is 0 Å². The normalized spacial score (nSPS) is 19.7. The Morgan fingerprint density at radius 2 is 2.04 bits per heavy atom. The van der Waals surface area contributed by atoms with E-state index in [-0.39, 0.29) is 17.9 Å². The zero-order chi connectivity index (χ0) is 19.3. The summed E-state index contributed by atoms with van der Waals surface area (Å²) in [5, 5.41) is 4.87. The van der Waals surface area contributed by atoms with Gasteiger partial charge in [-0.3, -0.25) is 9.59 Å². The van der Waals surface area contributed by atoms with Crippen LogP contribution in [0.1, 0.15) is 53.8 Å². The van der Waals surface area contributed by atoms with E-state index >= 15 is 0 Å². The minimum Gasteiger partial charge on any atom is -0.474 e. The lowest BCUT2D eigenvalue weighted by molar-refractivity contribution is -0.125. The van der Waals surface area contributed by atoms with Crippen molar-refractivity contribution in [3.8, 4) is 5.88 Å². The Morgan fingerprint density at radius 3 is 2.82 bits per heavy atom. The van der Waals surface area contributed by atoms with Crippen LogP contribution >= 0.6 is 11.3 Å². The van der Waals surface area contributed by atoms with E-state index < -0.39 is 6.04 Å². The zero-order valence-electron chi connectivity index (χ0n) is 15.8. The monoisotopic (exact) mass is 399 g/mol. The summed E-state index contributed by atoms with van der Waals surface area (Å²) in [4.78, 5) is 32.2. The first kappa shape index (κ1) is 18.9. The summed E-state index contributed by atoms with van der Waals surface area (Å²) in [6.07, 6.45) is 7.99. The average molecular weight is 400 g/mol. The molecule has 2 aliphatic rings. The molecule has 6 nitrogen and oxygen atoms in total. The first-order chi connectivity index (χ1) is 13.7. The van der Waals surface area contributed by atoms with E-state index in [0.29, 0.717) is 30.3 Å². The van der Waals surface area contributed by atoms with Crippen molar-refractivity contribution in [3.05, 3.63) is 46.3 Å². The minimum atomic E-state index is -0.412. The molecule has 2 aromatic rings. The van der Waals surface area contributed by atoms with Crippen LogP contribution in [0.25, 0.3) is 0 Å². The van der Waals surface area contributed by atoms with E-state index in [9.17, 15) is 9.59 Å². The van der Waals surface area contributed by atoms with Crippen molar-refractivity contribution < 1.29 is 14.3 Å². The van der Waals surface area contributed by atoms with Crippen molar-refractivity contribution in [2.24, 2.45) is 0 Å². The van der Waals surface area contributed by atoms with E-state index in [1.54, 1.807) is 11.1 Å². The predicted octanol–water partition coefficient (Wildman–Crippen LogP) is 3.39. The molecule has 1 saturated carbocycles. The Kier molecular flexibility index (Phi) is 5.90. The lowest BCUT2D eigenvalue weighted by Gasteiger charge is -2.23. The number of nitrogens with zero attached hydrogens (tertiary/aromatic N) is 2. The molecule has 3 heterocycles. The number of pyridine rings is 1. The fraction of sp³-hybridized carbons (Fsp3) is 0.476. The molecule has 28 heavy (non-hydrogen) atoms. The molecular weight excluding hydrogens is 374 g/mol. The molecule has 0 aromatic carbocycles. The van der Waals surface area contributed by atoms with Crippen LogP contribution in [0, 0.1) is 0 Å². The van der Waals surface area contributed by atoms with Gasteiger partial charge in [0.15, 0.2) is 0 Å². The number of aromatic nitrogens is 1. The third-order valence-electron chi connectivity index (χ3n) is 5.43. The Morgan fingerprint density at radius 1 is 1.18 bits per heavy atom. The number of carbonyl (C=O) groups is 2. The van der Waals surface area contributed by atoms with Gasteiger partial charge in [0.05, 0.1) is 4.88 Å². The standard InChI is InChI=1S/C21H25N3O3S/c25-19(17-9-4-12-24(17)21(26)18-10-5-13-28-18)23-14-15-6-3-11-22-20(15)27-16-7-1-2-8-16/h3,5-6,10-11,13,16-17H,1-2,4,7-9,12,14H2,(H,23,25)/t17-/m0/s1. The van der Waals surface area contributed by atoms with Crippen LogP contribution in [0.3, 0.4) is 0 Å². The van der Waals surface area contributed by atoms with Crippen molar-refractivity contribution in [1.29, 1.82) is 0 Å². The Bertz CT molecular complexity index is 818. The van der Waals surface area contributed by atoms with Crippen LogP contribution in [0.15, 0.2) is 35.8 Å². The summed E-state index contributed by atoms with van der Waals surface area (Å²) < 4.78 is 6.05. The maximum absolute atomic E-state index is 12.8. The number of thiophene rings is 1. The summed E-state index contributed by atoms with van der Waals surface area (Å²) in [5.74, 6) is 0.435. The van der Waals surface area contributed by atoms with Gasteiger partial charge in [0.1, 0.15) is 12.1 Å². The van der Waals surface area contributed by atoms with Crippen LogP contribution < -0.4 is 10.1 Å². The quantitative estimate of drug-likeness (QED) is 0.808. The lowest BCUT2D eigenvalue weighted by Crippen LogP contribution is -2.45. The highest BCUT2D eigenvalue weighted by atomic mass is 32.1. The SMILES string of the molecule is O=C(NCc1cccnc1OC1CCCC1)[C@@H]1CCCN1C(=O)c1cccs1. The highest BCUT2D eigenvalue weighted by Gasteiger charge is 2.34. The average Bonchev–Trinajstić information content (AvgIpc) is 3.49. The van der Waals surface area contributed by atoms with Crippen LogP contribution in [-0.4, -0.2) is 40.4 Å². The van der Waals surface area contributed by atoms with Crippen molar-refractivity contribution in [1.82, 2.24) is 15.2 Å². The number of amides is 2. The second-order valence-electron chi connectivity index (χ2n) is 7.34. The second kappa shape index (κ2) is 8.73. The molecule has 0 unspecified atom stereocenters. The van der Waals surface area contributed by atoms with Crippen molar-refractivity contribution in [2.45, 2.75) is 57.2 Å². The molecule has 4 rings (SSSR count). The van der Waals surface area contributed by atoms with Gasteiger partial charge in [-0.2, -0.15) is 0 Å². The van der Waals surface area contributed by atoms with Crippen molar-refractivity contribution in [2.75, 3.05) is 6.54 Å². The number of carbonyl (C=O) groups excluding carboxylic acids is 2. The number of hydrogen-bond acceptors (Lipinski definition) is 5. The fourth-order valence-electron chi connectivity index (χ4n) is 3.95. The van der Waals surface area contributed by atoms with Gasteiger partial charge in [0.2, 0.25) is 11.8 Å². The molecule has 1 saturated heterocycles. The molecule has 1 aliphatic carbocycles. The third kappa shape index (κ3) is 4.19. The van der Waals surface area contributed by atoms with E-state index in [4.69, 9.17) is 4.74 Å². The van der Waals surface area contributed by atoms with Crippen LogP contribution in [-0.2, 0) is 11.3 Å². The van der Waals surface area contributed by atoms with Crippen LogP contribution in [0.2, 0.25) is 0 Å². The van der Waals surface area contributed by atoms with E-state index in [2.05, 4.69) is 10.3 Å². The highest BCUT2D eigenvalue weighted by molar-refractivity contribution is 7.12. The zero-order valence-corrected chi connectivity index (χ0v) is 16.6. The van der Waals surface area contributed by atoms with Gasteiger partial charge in [0, 0.05) is 24.8 Å².